The third kappa shape index (κ3) is 3.97. The van der Waals surface area contributed by atoms with Gasteiger partial charge in [-0.05, 0) is 69.4 Å². The Labute approximate surface area is 194 Å². The molecule has 0 spiro atoms. The molecule has 0 amide bonds. The van der Waals surface area contributed by atoms with Gasteiger partial charge in [0.15, 0.2) is 11.6 Å². The van der Waals surface area contributed by atoms with Crippen molar-refractivity contribution in [2.75, 3.05) is 0 Å². The number of esters is 1. The first-order valence-electron chi connectivity index (χ1n) is 10.4. The number of hydrogen-bond acceptors (Lipinski definition) is 4. The molecule has 1 aliphatic rings. The van der Waals surface area contributed by atoms with Crippen LogP contribution in [0.4, 0.5) is 4.39 Å². The van der Waals surface area contributed by atoms with Crippen LogP contribution in [0.2, 0.25) is 10.0 Å². The molecule has 0 radical (unpaired) electrons. The lowest BCUT2D eigenvalue weighted by Gasteiger charge is -2.17. The van der Waals surface area contributed by atoms with Gasteiger partial charge in [0.05, 0.1) is 21.5 Å². The van der Waals surface area contributed by atoms with Crippen molar-refractivity contribution < 1.29 is 23.8 Å². The lowest BCUT2D eigenvalue weighted by molar-refractivity contribution is -0.150. The first-order chi connectivity index (χ1) is 15.2. The van der Waals surface area contributed by atoms with E-state index >= 15 is 0 Å². The van der Waals surface area contributed by atoms with E-state index in [9.17, 15) is 19.1 Å². The normalized spacial score (nSPS) is 15.3. The second kappa shape index (κ2) is 8.75. The Balaban J connectivity index is 1.84. The molecule has 0 bridgehead atoms. The average molecular weight is 478 g/mol. The van der Waals surface area contributed by atoms with Crippen LogP contribution in [0.3, 0.4) is 0 Å². The van der Waals surface area contributed by atoms with Crippen LogP contribution in [0.15, 0.2) is 30.3 Å². The lowest BCUT2D eigenvalue weighted by atomic mass is 9.97. The molecule has 1 aromatic heterocycles. The first-order valence-corrected chi connectivity index (χ1v) is 11.2. The van der Waals surface area contributed by atoms with Gasteiger partial charge in [-0.25, -0.2) is 4.39 Å². The molecule has 0 aliphatic heterocycles. The standard InChI is InChI=1S/C24H22Cl2FNO4/c1-12(24(31)32-15-5-3-4-6-15)22-13(2)28(20-11-19(27)21(29)10-16(20)22)23(30)14-7-8-17(25)18(26)9-14/h7-12,15,29H,3-6H2,1-2H3. The summed E-state index contributed by atoms with van der Waals surface area (Å²) in [5, 5.41) is 10.9. The van der Waals surface area contributed by atoms with Crippen molar-refractivity contribution >= 4 is 46.0 Å². The van der Waals surface area contributed by atoms with E-state index in [1.807, 2.05) is 0 Å². The van der Waals surface area contributed by atoms with Crippen molar-refractivity contribution in [3.63, 3.8) is 0 Å². The fourth-order valence-corrected chi connectivity index (χ4v) is 4.70. The van der Waals surface area contributed by atoms with Crippen LogP contribution in [0.1, 0.15) is 60.1 Å². The van der Waals surface area contributed by atoms with Crippen molar-refractivity contribution in [1.29, 1.82) is 0 Å². The average Bonchev–Trinajstić information content (AvgIpc) is 3.35. The summed E-state index contributed by atoms with van der Waals surface area (Å²) in [6, 6.07) is 6.80. The molecule has 1 unspecified atom stereocenters. The van der Waals surface area contributed by atoms with E-state index < -0.39 is 29.4 Å². The molecule has 1 aliphatic carbocycles. The molecule has 1 N–H and O–H groups in total. The summed E-state index contributed by atoms with van der Waals surface area (Å²) in [6.07, 6.45) is 3.61. The topological polar surface area (TPSA) is 68.5 Å². The predicted octanol–water partition coefficient (Wildman–Crippen LogP) is 6.38. The van der Waals surface area contributed by atoms with Gasteiger partial charge in [0.1, 0.15) is 6.10 Å². The third-order valence-corrected chi connectivity index (χ3v) is 6.80. The second-order valence-corrected chi connectivity index (χ2v) is 8.97. The van der Waals surface area contributed by atoms with Crippen molar-refractivity contribution in [3.8, 4) is 5.75 Å². The molecular weight excluding hydrogens is 456 g/mol. The molecular formula is C24H22Cl2FNO4. The summed E-state index contributed by atoms with van der Waals surface area (Å²) < 4.78 is 21.3. The number of fused-ring (bicyclic) bond motifs is 1. The molecule has 168 valence electrons. The summed E-state index contributed by atoms with van der Waals surface area (Å²) >= 11 is 12.0. The minimum atomic E-state index is -0.870. The van der Waals surface area contributed by atoms with Crippen molar-refractivity contribution in [3.05, 3.63) is 63.0 Å². The van der Waals surface area contributed by atoms with Crippen molar-refractivity contribution in [2.24, 2.45) is 0 Å². The maximum absolute atomic E-state index is 14.3. The highest BCUT2D eigenvalue weighted by Crippen LogP contribution is 2.37. The van der Waals surface area contributed by atoms with Crippen molar-refractivity contribution in [2.45, 2.75) is 51.6 Å². The highest BCUT2D eigenvalue weighted by Gasteiger charge is 2.30. The molecule has 1 fully saturated rings. The number of benzene rings is 2. The summed E-state index contributed by atoms with van der Waals surface area (Å²) in [6.45, 7) is 3.37. The highest BCUT2D eigenvalue weighted by atomic mass is 35.5. The van der Waals surface area contributed by atoms with Crippen LogP contribution in [0.25, 0.3) is 10.9 Å². The van der Waals surface area contributed by atoms with E-state index in [2.05, 4.69) is 0 Å². The monoisotopic (exact) mass is 477 g/mol. The molecule has 1 atom stereocenters. The Bertz CT molecular complexity index is 1230. The van der Waals surface area contributed by atoms with Gasteiger partial charge in [-0.2, -0.15) is 0 Å². The zero-order valence-electron chi connectivity index (χ0n) is 17.6. The molecule has 0 saturated heterocycles. The van der Waals surface area contributed by atoms with Gasteiger partial charge in [-0.15, -0.1) is 0 Å². The molecule has 8 heteroatoms. The van der Waals surface area contributed by atoms with Gasteiger partial charge in [0.25, 0.3) is 5.91 Å². The van der Waals surface area contributed by atoms with E-state index in [-0.39, 0.29) is 22.2 Å². The van der Waals surface area contributed by atoms with E-state index in [0.29, 0.717) is 21.7 Å². The largest absolute Gasteiger partial charge is 0.505 e. The van der Waals surface area contributed by atoms with Gasteiger partial charge in [-0.1, -0.05) is 23.2 Å². The quantitative estimate of drug-likeness (QED) is 0.442. The van der Waals surface area contributed by atoms with E-state index in [0.717, 1.165) is 31.7 Å². The van der Waals surface area contributed by atoms with Crippen LogP contribution in [-0.4, -0.2) is 27.7 Å². The SMILES string of the molecule is Cc1c(C(C)C(=O)OC2CCCC2)c2cc(O)c(F)cc2n1C(=O)c1ccc(Cl)c(Cl)c1. The number of aromatic hydroxyl groups is 1. The Morgan fingerprint density at radius 2 is 1.84 bits per heavy atom. The number of phenols is 1. The number of aromatic nitrogens is 1. The van der Waals surface area contributed by atoms with E-state index in [1.165, 1.54) is 28.8 Å². The smallest absolute Gasteiger partial charge is 0.313 e. The van der Waals surface area contributed by atoms with Gasteiger partial charge in [0.2, 0.25) is 0 Å². The molecule has 5 nitrogen and oxygen atoms in total. The second-order valence-electron chi connectivity index (χ2n) is 8.15. The van der Waals surface area contributed by atoms with Crippen molar-refractivity contribution in [1.82, 2.24) is 4.57 Å². The summed E-state index contributed by atoms with van der Waals surface area (Å²) in [5.74, 6) is -3.02. The first kappa shape index (κ1) is 22.6. The van der Waals surface area contributed by atoms with E-state index in [4.69, 9.17) is 27.9 Å². The number of phenolic OH excluding ortho intramolecular Hbond substituents is 1. The number of hydrogen-bond donors (Lipinski definition) is 1. The minimum Gasteiger partial charge on any atom is -0.505 e. The zero-order valence-corrected chi connectivity index (χ0v) is 19.1. The number of carbonyl (C=O) groups excluding carboxylic acids is 2. The molecule has 1 saturated carbocycles. The maximum atomic E-state index is 14.3. The number of ether oxygens (including phenoxy) is 1. The maximum Gasteiger partial charge on any atom is 0.313 e. The van der Waals surface area contributed by atoms with Gasteiger partial charge >= 0.3 is 5.97 Å². The van der Waals surface area contributed by atoms with Gasteiger partial charge < -0.3 is 9.84 Å². The molecule has 32 heavy (non-hydrogen) atoms. The Morgan fingerprint density at radius 1 is 1.16 bits per heavy atom. The lowest BCUT2D eigenvalue weighted by Crippen LogP contribution is -2.20. The van der Waals surface area contributed by atoms with Crippen LogP contribution in [0.5, 0.6) is 5.75 Å². The van der Waals surface area contributed by atoms with Crippen LogP contribution in [-0.2, 0) is 9.53 Å². The summed E-state index contributed by atoms with van der Waals surface area (Å²) in [4.78, 5) is 26.3. The molecule has 3 aromatic rings. The summed E-state index contributed by atoms with van der Waals surface area (Å²) in [5.41, 5.74) is 1.45. The van der Waals surface area contributed by atoms with Crippen LogP contribution < -0.4 is 0 Å². The number of nitrogens with zero attached hydrogens (tertiary/aromatic N) is 1. The number of carbonyl (C=O) groups is 2. The van der Waals surface area contributed by atoms with Crippen LogP contribution in [0, 0.1) is 12.7 Å². The van der Waals surface area contributed by atoms with Gasteiger partial charge in [0, 0.05) is 22.7 Å². The van der Waals surface area contributed by atoms with E-state index in [1.54, 1.807) is 13.8 Å². The molecule has 2 aromatic carbocycles. The number of rotatable bonds is 4. The predicted molar refractivity (Wildman–Crippen MR) is 121 cm³/mol. The summed E-state index contributed by atoms with van der Waals surface area (Å²) in [7, 11) is 0. The Kier molecular flexibility index (Phi) is 6.19. The van der Waals surface area contributed by atoms with Gasteiger partial charge in [-0.3, -0.25) is 14.2 Å². The Morgan fingerprint density at radius 3 is 2.50 bits per heavy atom. The highest BCUT2D eigenvalue weighted by molar-refractivity contribution is 6.42. The zero-order chi connectivity index (χ0) is 23.2. The fourth-order valence-electron chi connectivity index (χ4n) is 4.41. The third-order valence-electron chi connectivity index (χ3n) is 6.06. The molecule has 4 rings (SSSR count). The minimum absolute atomic E-state index is 0.109. The molecule has 1 heterocycles. The van der Waals surface area contributed by atoms with Crippen LogP contribution >= 0.6 is 23.2 Å². The number of halogens is 3. The Hall–Kier alpha value is -2.57. The fraction of sp³-hybridized carbons (Fsp3) is 0.333.